The van der Waals surface area contributed by atoms with Crippen molar-refractivity contribution in [1.29, 1.82) is 10.7 Å². The number of hydrogen-bond acceptors (Lipinski definition) is 7. The molecule has 3 unspecified atom stereocenters. The van der Waals surface area contributed by atoms with Gasteiger partial charge in [-0.25, -0.2) is 4.98 Å². The SMILES string of the molecule is Cc1ccc(C#N)c(-c2ccc(C(=N)c3cc(-c4ccc5c(c4)CCC(N4C6COCC4C6)CC5)cnc3N)cc2)n1. The monoisotopic (exact) mass is 554 g/mol. The van der Waals surface area contributed by atoms with Gasteiger partial charge in [-0.15, -0.1) is 0 Å². The fraction of sp³-hybridized carbons (Fsp3) is 0.314. The predicted octanol–water partition coefficient (Wildman–Crippen LogP) is 5.71. The first-order valence-electron chi connectivity index (χ1n) is 14.8. The van der Waals surface area contributed by atoms with E-state index in [1.54, 1.807) is 6.07 Å². The van der Waals surface area contributed by atoms with Crippen LogP contribution in [-0.4, -0.2) is 51.9 Å². The third-order valence-corrected chi connectivity index (χ3v) is 9.25. The first kappa shape index (κ1) is 26.5. The number of pyridine rings is 2. The summed E-state index contributed by atoms with van der Waals surface area (Å²) in [5.41, 5.74) is 15.7. The van der Waals surface area contributed by atoms with E-state index in [4.69, 9.17) is 15.9 Å². The number of nitrogen functional groups attached to an aromatic ring is 1. The van der Waals surface area contributed by atoms with Gasteiger partial charge >= 0.3 is 0 Å². The molecule has 3 atom stereocenters. The van der Waals surface area contributed by atoms with Crippen molar-refractivity contribution in [1.82, 2.24) is 14.9 Å². The lowest BCUT2D eigenvalue weighted by Crippen LogP contribution is -2.66. The maximum atomic E-state index is 9.52. The molecular formula is C35H34N6O. The van der Waals surface area contributed by atoms with E-state index in [-0.39, 0.29) is 0 Å². The average Bonchev–Trinajstić information content (AvgIpc) is 3.23. The van der Waals surface area contributed by atoms with Crippen LogP contribution in [-0.2, 0) is 17.6 Å². The summed E-state index contributed by atoms with van der Waals surface area (Å²) in [7, 11) is 0. The molecule has 2 saturated heterocycles. The molecule has 210 valence electrons. The Balaban J connectivity index is 1.11. The highest BCUT2D eigenvalue weighted by molar-refractivity contribution is 6.14. The van der Waals surface area contributed by atoms with Gasteiger partial charge in [-0.3, -0.25) is 15.3 Å². The van der Waals surface area contributed by atoms with Crippen LogP contribution in [0.3, 0.4) is 0 Å². The van der Waals surface area contributed by atoms with Crippen LogP contribution >= 0.6 is 0 Å². The first-order chi connectivity index (χ1) is 20.5. The van der Waals surface area contributed by atoms with Crippen molar-refractivity contribution in [2.75, 3.05) is 18.9 Å². The van der Waals surface area contributed by atoms with Crippen LogP contribution in [0, 0.1) is 23.7 Å². The molecule has 3 aliphatic rings. The van der Waals surface area contributed by atoms with E-state index in [1.807, 2.05) is 49.5 Å². The number of morpholine rings is 1. The minimum absolute atomic E-state index is 0.313. The van der Waals surface area contributed by atoms with E-state index >= 15 is 0 Å². The largest absolute Gasteiger partial charge is 0.383 e. The van der Waals surface area contributed by atoms with E-state index in [2.05, 4.69) is 39.1 Å². The Labute approximate surface area is 246 Å². The van der Waals surface area contributed by atoms with Gasteiger partial charge < -0.3 is 10.5 Å². The molecule has 2 aliphatic heterocycles. The van der Waals surface area contributed by atoms with Crippen LogP contribution in [0.4, 0.5) is 5.82 Å². The third kappa shape index (κ3) is 4.77. The van der Waals surface area contributed by atoms with Crippen molar-refractivity contribution in [2.45, 2.75) is 57.2 Å². The fourth-order valence-electron chi connectivity index (χ4n) is 6.98. The Morgan fingerprint density at radius 3 is 2.40 bits per heavy atom. The number of nitrogens with one attached hydrogen (secondary N) is 1. The molecule has 2 bridgehead atoms. The lowest BCUT2D eigenvalue weighted by molar-refractivity contribution is -0.148. The number of nitrogens with two attached hydrogens (primary N) is 1. The molecule has 4 aromatic rings. The Hall–Kier alpha value is -4.38. The van der Waals surface area contributed by atoms with Crippen molar-refractivity contribution < 1.29 is 4.74 Å². The average molecular weight is 555 g/mol. The minimum Gasteiger partial charge on any atom is -0.383 e. The quantitative estimate of drug-likeness (QED) is 0.241. The van der Waals surface area contributed by atoms with E-state index < -0.39 is 0 Å². The second-order valence-corrected chi connectivity index (χ2v) is 11.8. The van der Waals surface area contributed by atoms with Crippen molar-refractivity contribution >= 4 is 11.5 Å². The summed E-state index contributed by atoms with van der Waals surface area (Å²) < 4.78 is 5.72. The van der Waals surface area contributed by atoms with Crippen molar-refractivity contribution in [3.8, 4) is 28.5 Å². The summed E-state index contributed by atoms with van der Waals surface area (Å²) in [6, 6.07) is 24.0. The topological polar surface area (TPSA) is 112 Å². The molecule has 7 rings (SSSR count). The number of benzene rings is 2. The minimum atomic E-state index is 0.313. The molecule has 7 nitrogen and oxygen atoms in total. The molecule has 42 heavy (non-hydrogen) atoms. The summed E-state index contributed by atoms with van der Waals surface area (Å²) >= 11 is 0. The summed E-state index contributed by atoms with van der Waals surface area (Å²) in [4.78, 5) is 11.8. The highest BCUT2D eigenvalue weighted by atomic mass is 16.5. The zero-order valence-electron chi connectivity index (χ0n) is 23.8. The van der Waals surface area contributed by atoms with Crippen molar-refractivity contribution in [2.24, 2.45) is 0 Å². The molecule has 7 heteroatoms. The summed E-state index contributed by atoms with van der Waals surface area (Å²) in [5, 5.41) is 18.5. The second-order valence-electron chi connectivity index (χ2n) is 11.8. The maximum absolute atomic E-state index is 9.52. The Morgan fingerprint density at radius 2 is 1.67 bits per heavy atom. The Bertz CT molecular complexity index is 1710. The predicted molar refractivity (Wildman–Crippen MR) is 164 cm³/mol. The maximum Gasteiger partial charge on any atom is 0.132 e. The van der Waals surface area contributed by atoms with Crippen molar-refractivity contribution in [3.63, 3.8) is 0 Å². The Kier molecular flexibility index (Phi) is 6.81. The molecule has 4 heterocycles. The van der Waals surface area contributed by atoms with Crippen LogP contribution in [0.15, 0.2) is 66.9 Å². The Morgan fingerprint density at radius 1 is 0.929 bits per heavy atom. The van der Waals surface area contributed by atoms with Crippen molar-refractivity contribution in [3.05, 3.63) is 100 Å². The number of hydrogen-bond donors (Lipinski definition) is 2. The van der Waals surface area contributed by atoms with E-state index in [0.29, 0.717) is 46.5 Å². The van der Waals surface area contributed by atoms with Gasteiger partial charge in [-0.05, 0) is 73.9 Å². The molecule has 1 aliphatic carbocycles. The summed E-state index contributed by atoms with van der Waals surface area (Å²) in [5.74, 6) is 0.335. The lowest BCUT2D eigenvalue weighted by atomic mass is 9.87. The van der Waals surface area contributed by atoms with Crippen LogP contribution in [0.2, 0.25) is 0 Å². The number of anilines is 1. The van der Waals surface area contributed by atoms with Gasteiger partial charge in [0.25, 0.3) is 0 Å². The molecule has 2 aromatic carbocycles. The summed E-state index contributed by atoms with van der Waals surface area (Å²) in [6.45, 7) is 3.69. The van der Waals surface area contributed by atoms with Gasteiger partial charge in [0.15, 0.2) is 0 Å². The van der Waals surface area contributed by atoms with Crippen LogP contribution in [0.25, 0.3) is 22.4 Å². The van der Waals surface area contributed by atoms with Crippen LogP contribution in [0.1, 0.15) is 52.8 Å². The zero-order valence-corrected chi connectivity index (χ0v) is 23.8. The smallest absolute Gasteiger partial charge is 0.132 e. The normalized spacial score (nSPS) is 21.5. The number of rotatable bonds is 5. The van der Waals surface area contributed by atoms with Gasteiger partial charge in [0.2, 0.25) is 0 Å². The van der Waals surface area contributed by atoms with Crippen LogP contribution < -0.4 is 5.73 Å². The van der Waals surface area contributed by atoms with Gasteiger partial charge in [0.05, 0.1) is 30.2 Å². The lowest BCUT2D eigenvalue weighted by Gasteiger charge is -2.56. The molecule has 2 fully saturated rings. The van der Waals surface area contributed by atoms with E-state index in [1.165, 1.54) is 30.4 Å². The van der Waals surface area contributed by atoms with Gasteiger partial charge in [-0.2, -0.15) is 5.26 Å². The zero-order chi connectivity index (χ0) is 28.8. The molecule has 3 N–H and O–H groups in total. The number of aromatic nitrogens is 2. The number of nitriles is 1. The summed E-state index contributed by atoms with van der Waals surface area (Å²) in [6.07, 6.45) is 7.68. The molecule has 0 amide bonds. The number of nitrogens with zero attached hydrogens (tertiary/aromatic N) is 4. The molecular weight excluding hydrogens is 520 g/mol. The highest BCUT2D eigenvalue weighted by Gasteiger charge is 2.45. The number of fused-ring (bicyclic) bond motifs is 3. The first-order valence-corrected chi connectivity index (χ1v) is 14.8. The molecule has 2 aromatic heterocycles. The number of aryl methyl sites for hydroxylation is 3. The molecule has 0 spiro atoms. The van der Waals surface area contributed by atoms with Gasteiger partial charge in [0, 0.05) is 52.3 Å². The highest BCUT2D eigenvalue weighted by Crippen LogP contribution is 2.38. The fourth-order valence-corrected chi connectivity index (χ4v) is 6.98. The number of ether oxygens (including phenoxy) is 1. The van der Waals surface area contributed by atoms with Gasteiger partial charge in [0.1, 0.15) is 11.9 Å². The van der Waals surface area contributed by atoms with E-state index in [9.17, 15) is 5.26 Å². The second kappa shape index (κ2) is 10.8. The van der Waals surface area contributed by atoms with E-state index in [0.717, 1.165) is 54.0 Å². The molecule has 0 saturated carbocycles. The molecule has 0 radical (unpaired) electrons. The van der Waals surface area contributed by atoms with Crippen LogP contribution in [0.5, 0.6) is 0 Å². The standard InChI is InChI=1S/C35H34N6O/c1-21-2-3-27(17-36)34(40-21)24-7-5-23(6-8-24)33(37)32-15-28(18-39-35(32)38)26-9-4-22-10-12-29(13-11-25(22)14-26)41-30-16-31(41)20-42-19-30/h2-9,14-15,18,29-31,37H,10-13,16,19-20H2,1H3,(H2,38,39). The third-order valence-electron chi connectivity index (χ3n) is 9.25. The van der Waals surface area contributed by atoms with Gasteiger partial charge in [-0.1, -0.05) is 42.5 Å².